The third-order valence-corrected chi connectivity index (χ3v) is 2.00. The van der Waals surface area contributed by atoms with Crippen molar-refractivity contribution in [2.45, 2.75) is 26.3 Å². The second-order valence-electron chi connectivity index (χ2n) is 4.10. The summed E-state index contributed by atoms with van der Waals surface area (Å²) in [6.45, 7) is 5.85. The number of hydrogen-bond donors (Lipinski definition) is 0. The van der Waals surface area contributed by atoms with Gasteiger partial charge in [0.2, 0.25) is 5.39 Å². The van der Waals surface area contributed by atoms with Crippen molar-refractivity contribution in [3.8, 4) is 0 Å². The van der Waals surface area contributed by atoms with Crippen LogP contribution in [0.1, 0.15) is 20.8 Å². The summed E-state index contributed by atoms with van der Waals surface area (Å²) in [5.41, 5.74) is 0.716. The van der Waals surface area contributed by atoms with Crippen LogP contribution in [0, 0.1) is 5.39 Å². The average molecular weight is 268 g/mol. The van der Waals surface area contributed by atoms with Crippen LogP contribution in [0.4, 0.5) is 11.4 Å². The molecule has 0 aliphatic rings. The van der Waals surface area contributed by atoms with E-state index in [1.807, 2.05) is 26.8 Å². The van der Waals surface area contributed by atoms with Gasteiger partial charge in [-0.05, 0) is 32.9 Å². The van der Waals surface area contributed by atoms with Crippen LogP contribution in [-0.4, -0.2) is 5.54 Å². The molecular formula is C10H12BrN4+. The highest BCUT2D eigenvalue weighted by molar-refractivity contribution is 9.10. The zero-order valence-corrected chi connectivity index (χ0v) is 10.5. The molecule has 0 heterocycles. The number of halogens is 1. The van der Waals surface area contributed by atoms with E-state index in [1.165, 1.54) is 0 Å². The van der Waals surface area contributed by atoms with Gasteiger partial charge in [0.25, 0.3) is 0 Å². The molecule has 0 atom stereocenters. The van der Waals surface area contributed by atoms with E-state index < -0.39 is 0 Å². The topological polar surface area (TPSA) is 52.9 Å². The lowest BCUT2D eigenvalue weighted by Crippen LogP contribution is -2.07. The molecule has 0 spiro atoms. The molecule has 0 unspecified atom stereocenters. The van der Waals surface area contributed by atoms with E-state index in [9.17, 15) is 0 Å². The molecule has 0 saturated carbocycles. The molecule has 0 bridgehead atoms. The number of diazo groups is 1. The van der Waals surface area contributed by atoms with Crippen LogP contribution in [0.25, 0.3) is 4.98 Å². The van der Waals surface area contributed by atoms with Crippen LogP contribution >= 0.6 is 15.9 Å². The van der Waals surface area contributed by atoms with E-state index >= 15 is 0 Å². The molecule has 15 heavy (non-hydrogen) atoms. The Morgan fingerprint density at radius 1 is 1.33 bits per heavy atom. The van der Waals surface area contributed by atoms with Crippen molar-refractivity contribution in [2.75, 3.05) is 0 Å². The van der Waals surface area contributed by atoms with Gasteiger partial charge in [-0.1, -0.05) is 15.9 Å². The van der Waals surface area contributed by atoms with Gasteiger partial charge in [-0.3, -0.25) is 0 Å². The van der Waals surface area contributed by atoms with E-state index in [1.54, 1.807) is 12.1 Å². The van der Waals surface area contributed by atoms with Crippen LogP contribution in [0.15, 0.2) is 32.9 Å². The van der Waals surface area contributed by atoms with Gasteiger partial charge < -0.3 is 0 Å². The molecule has 0 aromatic heterocycles. The fourth-order valence-electron chi connectivity index (χ4n) is 0.865. The Labute approximate surface area is 97.2 Å². The van der Waals surface area contributed by atoms with Crippen LogP contribution in [0.5, 0.6) is 0 Å². The summed E-state index contributed by atoms with van der Waals surface area (Å²) in [6.07, 6.45) is 0. The SMILES string of the molecule is CC(C)(C)N=Nc1ccc(Br)cc1[N+]#N. The average Bonchev–Trinajstić information content (AvgIpc) is 2.14. The molecule has 1 rings (SSSR count). The first-order valence-corrected chi connectivity index (χ1v) is 5.29. The molecule has 0 N–H and O–H groups in total. The van der Waals surface area contributed by atoms with E-state index in [0.717, 1.165) is 4.47 Å². The Morgan fingerprint density at radius 2 is 2.00 bits per heavy atom. The molecule has 4 nitrogen and oxygen atoms in total. The molecular weight excluding hydrogens is 256 g/mol. The molecule has 0 saturated heterocycles. The lowest BCUT2D eigenvalue weighted by molar-refractivity contribution is 0.552. The minimum Gasteiger partial charge on any atom is -0.183 e. The second-order valence-corrected chi connectivity index (χ2v) is 5.02. The maximum absolute atomic E-state index is 8.77. The summed E-state index contributed by atoms with van der Waals surface area (Å²) < 4.78 is 0.838. The first kappa shape index (κ1) is 11.8. The van der Waals surface area contributed by atoms with Gasteiger partial charge in [0.15, 0.2) is 10.7 Å². The van der Waals surface area contributed by atoms with Crippen molar-refractivity contribution in [1.82, 2.24) is 0 Å². The normalized spacial score (nSPS) is 11.7. The molecule has 0 aliphatic carbocycles. The minimum atomic E-state index is -0.236. The summed E-state index contributed by atoms with van der Waals surface area (Å²) in [4.78, 5) is 3.15. The highest BCUT2D eigenvalue weighted by Gasteiger charge is 2.15. The monoisotopic (exact) mass is 267 g/mol. The van der Waals surface area contributed by atoms with Gasteiger partial charge in [-0.15, -0.1) is 5.11 Å². The summed E-state index contributed by atoms with van der Waals surface area (Å²) >= 11 is 3.28. The van der Waals surface area contributed by atoms with E-state index in [2.05, 4.69) is 31.1 Å². The van der Waals surface area contributed by atoms with Gasteiger partial charge in [0.1, 0.15) is 0 Å². The number of rotatable bonds is 1. The van der Waals surface area contributed by atoms with Crippen LogP contribution in [0.3, 0.4) is 0 Å². The Bertz CT molecular complexity index is 426. The highest BCUT2D eigenvalue weighted by Crippen LogP contribution is 2.31. The van der Waals surface area contributed by atoms with Gasteiger partial charge in [-0.25, -0.2) is 0 Å². The predicted molar refractivity (Wildman–Crippen MR) is 63.2 cm³/mol. The third-order valence-electron chi connectivity index (χ3n) is 1.50. The number of hydrogen-bond acceptors (Lipinski definition) is 3. The molecule has 0 aliphatic heterocycles. The Balaban J connectivity index is 3.07. The standard InChI is InChI=1S/C10H12BrN4/c1-10(2,3)15-14-8-5-4-7(11)6-9(8)13-12/h4-6H,1-3H3/q+1. The van der Waals surface area contributed by atoms with Crippen molar-refractivity contribution >= 4 is 27.3 Å². The van der Waals surface area contributed by atoms with Crippen molar-refractivity contribution in [1.29, 1.82) is 5.39 Å². The van der Waals surface area contributed by atoms with Gasteiger partial charge in [0.05, 0.1) is 11.6 Å². The molecule has 1 aromatic rings. The zero-order valence-electron chi connectivity index (χ0n) is 8.90. The lowest BCUT2D eigenvalue weighted by atomic mass is 10.1. The maximum atomic E-state index is 8.77. The number of nitrogens with zero attached hydrogens (tertiary/aromatic N) is 4. The highest BCUT2D eigenvalue weighted by atomic mass is 79.9. The van der Waals surface area contributed by atoms with Gasteiger partial charge in [-0.2, -0.15) is 5.11 Å². The van der Waals surface area contributed by atoms with Crippen molar-refractivity contribution in [3.63, 3.8) is 0 Å². The Kier molecular flexibility index (Phi) is 3.53. The fraction of sp³-hybridized carbons (Fsp3) is 0.400. The predicted octanol–water partition coefficient (Wildman–Crippen LogP) is 4.82. The van der Waals surface area contributed by atoms with E-state index in [0.29, 0.717) is 11.4 Å². The Hall–Kier alpha value is -1.28. The fourth-order valence-corrected chi connectivity index (χ4v) is 1.21. The lowest BCUT2D eigenvalue weighted by Gasteiger charge is -2.07. The third kappa shape index (κ3) is 3.76. The zero-order chi connectivity index (χ0) is 11.5. The molecule has 5 heteroatoms. The summed E-state index contributed by atoms with van der Waals surface area (Å²) in [7, 11) is 0. The second kappa shape index (κ2) is 4.49. The van der Waals surface area contributed by atoms with Crippen LogP contribution in [0.2, 0.25) is 0 Å². The smallest absolute Gasteiger partial charge is 0.183 e. The largest absolute Gasteiger partial charge is 0.413 e. The quantitative estimate of drug-likeness (QED) is 0.532. The number of azo groups is 1. The van der Waals surface area contributed by atoms with Crippen LogP contribution in [-0.2, 0) is 0 Å². The molecule has 0 amide bonds. The first-order valence-electron chi connectivity index (χ1n) is 4.50. The van der Waals surface area contributed by atoms with Crippen molar-refractivity contribution in [3.05, 3.63) is 27.6 Å². The van der Waals surface area contributed by atoms with E-state index in [-0.39, 0.29) is 5.54 Å². The summed E-state index contributed by atoms with van der Waals surface area (Å²) in [5.74, 6) is 0. The van der Waals surface area contributed by atoms with E-state index in [4.69, 9.17) is 5.39 Å². The minimum absolute atomic E-state index is 0.236. The molecule has 0 fully saturated rings. The van der Waals surface area contributed by atoms with Gasteiger partial charge >= 0.3 is 5.69 Å². The molecule has 0 radical (unpaired) electrons. The van der Waals surface area contributed by atoms with Crippen LogP contribution < -0.4 is 0 Å². The Morgan fingerprint density at radius 3 is 2.53 bits per heavy atom. The summed E-state index contributed by atoms with van der Waals surface area (Å²) in [6, 6.07) is 5.25. The molecule has 78 valence electrons. The summed E-state index contributed by atoms with van der Waals surface area (Å²) in [5, 5.41) is 16.9. The maximum Gasteiger partial charge on any atom is 0.413 e. The van der Waals surface area contributed by atoms with Gasteiger partial charge in [0, 0.05) is 4.47 Å². The molecule has 1 aromatic carbocycles. The van der Waals surface area contributed by atoms with Crippen molar-refractivity contribution < 1.29 is 0 Å². The first-order chi connectivity index (χ1) is 6.92. The number of benzene rings is 1. The van der Waals surface area contributed by atoms with Crippen molar-refractivity contribution in [2.24, 2.45) is 10.2 Å².